The number of nitrogens with one attached hydrogen (secondary N) is 2. The summed E-state index contributed by atoms with van der Waals surface area (Å²) in [6.45, 7) is 3.27. The third-order valence-corrected chi connectivity index (χ3v) is 3.45. The molecule has 0 unspecified atom stereocenters. The van der Waals surface area contributed by atoms with Gasteiger partial charge < -0.3 is 15.4 Å². The minimum Gasteiger partial charge on any atom is -0.383 e. The summed E-state index contributed by atoms with van der Waals surface area (Å²) in [5.41, 5.74) is 2.11. The molecule has 0 atom stereocenters. The van der Waals surface area contributed by atoms with Gasteiger partial charge in [-0.3, -0.25) is 0 Å². The van der Waals surface area contributed by atoms with Gasteiger partial charge in [0.05, 0.1) is 12.8 Å². The van der Waals surface area contributed by atoms with Crippen LogP contribution in [-0.2, 0) is 4.74 Å². The Morgan fingerprint density at radius 2 is 2.20 bits per heavy atom. The third-order valence-electron chi connectivity index (χ3n) is 2.59. The lowest BCUT2D eigenvalue weighted by atomic mass is 10.2. The van der Waals surface area contributed by atoms with Crippen LogP contribution in [0.3, 0.4) is 0 Å². The molecule has 0 aliphatic carbocycles. The van der Waals surface area contributed by atoms with E-state index in [1.54, 1.807) is 13.3 Å². The van der Waals surface area contributed by atoms with Gasteiger partial charge in [-0.1, -0.05) is 22.0 Å². The molecular formula is C13H16BrN5O. The Hall–Kier alpha value is -1.73. The largest absolute Gasteiger partial charge is 0.383 e. The van der Waals surface area contributed by atoms with Gasteiger partial charge in [0, 0.05) is 23.8 Å². The Labute approximate surface area is 126 Å². The lowest BCUT2D eigenvalue weighted by molar-refractivity contribution is 0.210. The number of halogens is 1. The highest BCUT2D eigenvalue weighted by Crippen LogP contribution is 2.22. The van der Waals surface area contributed by atoms with Crippen LogP contribution < -0.4 is 10.6 Å². The third kappa shape index (κ3) is 4.14. The van der Waals surface area contributed by atoms with Crippen molar-refractivity contribution in [1.29, 1.82) is 0 Å². The summed E-state index contributed by atoms with van der Waals surface area (Å²) in [4.78, 5) is 4.33. The van der Waals surface area contributed by atoms with Crippen LogP contribution in [0.1, 0.15) is 5.56 Å². The highest BCUT2D eigenvalue weighted by Gasteiger charge is 2.02. The number of aryl methyl sites for hydroxylation is 1. The number of nitrogens with zero attached hydrogens (tertiary/aromatic N) is 3. The maximum absolute atomic E-state index is 4.95. The molecule has 1 aromatic heterocycles. The highest BCUT2D eigenvalue weighted by molar-refractivity contribution is 9.10. The van der Waals surface area contributed by atoms with E-state index < -0.39 is 0 Å². The number of rotatable bonds is 6. The lowest BCUT2D eigenvalue weighted by Crippen LogP contribution is -2.11. The zero-order valence-electron chi connectivity index (χ0n) is 11.4. The van der Waals surface area contributed by atoms with Crippen LogP contribution >= 0.6 is 15.9 Å². The van der Waals surface area contributed by atoms with Crippen LogP contribution in [0, 0.1) is 6.92 Å². The summed E-state index contributed by atoms with van der Waals surface area (Å²) in [7, 11) is 1.65. The molecule has 6 nitrogen and oxygen atoms in total. The van der Waals surface area contributed by atoms with Crippen LogP contribution in [0.4, 0.5) is 17.5 Å². The van der Waals surface area contributed by atoms with E-state index in [9.17, 15) is 0 Å². The van der Waals surface area contributed by atoms with Crippen molar-refractivity contribution in [2.45, 2.75) is 6.92 Å². The normalized spacial score (nSPS) is 10.3. The van der Waals surface area contributed by atoms with Crippen LogP contribution in [0.15, 0.2) is 28.9 Å². The lowest BCUT2D eigenvalue weighted by Gasteiger charge is -2.08. The van der Waals surface area contributed by atoms with Crippen LogP contribution in [0.2, 0.25) is 0 Å². The van der Waals surface area contributed by atoms with E-state index in [0.29, 0.717) is 24.9 Å². The quantitative estimate of drug-likeness (QED) is 0.789. The summed E-state index contributed by atoms with van der Waals surface area (Å²) in [6.07, 6.45) is 1.58. The number of methoxy groups -OCH3 is 1. The molecule has 2 N–H and O–H groups in total. The molecule has 2 rings (SSSR count). The summed E-state index contributed by atoms with van der Waals surface area (Å²) in [6, 6.07) is 6.01. The number of anilines is 3. The van der Waals surface area contributed by atoms with Crippen molar-refractivity contribution in [2.75, 3.05) is 30.9 Å². The van der Waals surface area contributed by atoms with Crippen molar-refractivity contribution in [1.82, 2.24) is 15.2 Å². The van der Waals surface area contributed by atoms with Crippen LogP contribution in [0.25, 0.3) is 0 Å². The van der Waals surface area contributed by atoms with Crippen molar-refractivity contribution in [3.63, 3.8) is 0 Å². The molecule has 0 saturated carbocycles. The summed E-state index contributed by atoms with van der Waals surface area (Å²) in [5, 5.41) is 14.0. The Morgan fingerprint density at radius 3 is 2.95 bits per heavy atom. The molecule has 0 aliphatic rings. The summed E-state index contributed by atoms with van der Waals surface area (Å²) in [5.74, 6) is 1.11. The monoisotopic (exact) mass is 337 g/mol. The molecule has 0 radical (unpaired) electrons. The van der Waals surface area contributed by atoms with Gasteiger partial charge in [-0.2, -0.15) is 10.1 Å². The van der Waals surface area contributed by atoms with Gasteiger partial charge in [0.2, 0.25) is 5.95 Å². The number of aromatic nitrogens is 3. The molecule has 20 heavy (non-hydrogen) atoms. The number of benzene rings is 1. The van der Waals surface area contributed by atoms with E-state index in [0.717, 1.165) is 10.2 Å². The van der Waals surface area contributed by atoms with Gasteiger partial charge in [0.15, 0.2) is 5.82 Å². The van der Waals surface area contributed by atoms with Gasteiger partial charge in [0.1, 0.15) is 0 Å². The Kier molecular flexibility index (Phi) is 5.25. The molecule has 1 heterocycles. The van der Waals surface area contributed by atoms with Crippen molar-refractivity contribution < 1.29 is 4.74 Å². The van der Waals surface area contributed by atoms with Gasteiger partial charge in [-0.25, -0.2) is 0 Å². The maximum Gasteiger partial charge on any atom is 0.244 e. The SMILES string of the molecule is COCCNc1nncc(Nc2ccc(C)c(Br)c2)n1. The summed E-state index contributed by atoms with van der Waals surface area (Å²) < 4.78 is 6.00. The van der Waals surface area contributed by atoms with Gasteiger partial charge in [-0.05, 0) is 24.6 Å². The average Bonchev–Trinajstić information content (AvgIpc) is 2.44. The zero-order valence-corrected chi connectivity index (χ0v) is 12.9. The average molecular weight is 338 g/mol. The molecule has 0 fully saturated rings. The second kappa shape index (κ2) is 7.16. The predicted molar refractivity (Wildman–Crippen MR) is 82.4 cm³/mol. The van der Waals surface area contributed by atoms with Crippen LogP contribution in [-0.4, -0.2) is 35.4 Å². The van der Waals surface area contributed by atoms with E-state index in [4.69, 9.17) is 4.74 Å². The second-order valence-electron chi connectivity index (χ2n) is 4.17. The first kappa shape index (κ1) is 14.7. The first-order chi connectivity index (χ1) is 9.69. The van der Waals surface area contributed by atoms with E-state index in [2.05, 4.69) is 41.7 Å². The van der Waals surface area contributed by atoms with E-state index in [1.807, 2.05) is 25.1 Å². The fourth-order valence-electron chi connectivity index (χ4n) is 1.52. The Bertz CT molecular complexity index is 578. The number of ether oxygens (including phenoxy) is 1. The molecule has 0 amide bonds. The molecule has 0 aliphatic heterocycles. The number of hydrogen-bond acceptors (Lipinski definition) is 6. The molecule has 0 bridgehead atoms. The Morgan fingerprint density at radius 1 is 1.35 bits per heavy atom. The predicted octanol–water partition coefficient (Wildman–Crippen LogP) is 2.74. The first-order valence-corrected chi connectivity index (χ1v) is 6.94. The Balaban J connectivity index is 2.05. The molecule has 0 saturated heterocycles. The van der Waals surface area contributed by atoms with Crippen molar-refractivity contribution >= 4 is 33.4 Å². The smallest absolute Gasteiger partial charge is 0.244 e. The second-order valence-corrected chi connectivity index (χ2v) is 5.03. The topological polar surface area (TPSA) is 72.0 Å². The standard InChI is InChI=1S/C13H16BrN5O/c1-9-3-4-10(7-11(9)14)17-12-8-16-19-13(18-12)15-5-6-20-2/h3-4,7-8H,5-6H2,1-2H3,(H2,15,17,18,19). The molecule has 0 spiro atoms. The van der Waals surface area contributed by atoms with Crippen LogP contribution in [0.5, 0.6) is 0 Å². The fourth-order valence-corrected chi connectivity index (χ4v) is 1.90. The van der Waals surface area contributed by atoms with Crippen molar-refractivity contribution in [3.05, 3.63) is 34.4 Å². The van der Waals surface area contributed by atoms with Crippen molar-refractivity contribution in [3.8, 4) is 0 Å². The summed E-state index contributed by atoms with van der Waals surface area (Å²) >= 11 is 3.50. The highest BCUT2D eigenvalue weighted by atomic mass is 79.9. The molecule has 2 aromatic rings. The fraction of sp³-hybridized carbons (Fsp3) is 0.308. The van der Waals surface area contributed by atoms with E-state index in [1.165, 1.54) is 5.56 Å². The molecule has 7 heteroatoms. The molecule has 1 aromatic carbocycles. The van der Waals surface area contributed by atoms with E-state index >= 15 is 0 Å². The van der Waals surface area contributed by atoms with Gasteiger partial charge >= 0.3 is 0 Å². The van der Waals surface area contributed by atoms with E-state index in [-0.39, 0.29) is 0 Å². The molecular weight excluding hydrogens is 322 g/mol. The maximum atomic E-state index is 4.95. The van der Waals surface area contributed by atoms with Gasteiger partial charge in [0.25, 0.3) is 0 Å². The minimum absolute atomic E-state index is 0.471. The first-order valence-electron chi connectivity index (χ1n) is 6.15. The minimum atomic E-state index is 0.471. The van der Waals surface area contributed by atoms with Crippen molar-refractivity contribution in [2.24, 2.45) is 0 Å². The number of hydrogen-bond donors (Lipinski definition) is 2. The van der Waals surface area contributed by atoms with Gasteiger partial charge in [-0.15, -0.1) is 5.10 Å². The zero-order chi connectivity index (χ0) is 14.4. The molecule has 106 valence electrons.